The van der Waals surface area contributed by atoms with Crippen molar-refractivity contribution in [2.24, 2.45) is 0 Å². The number of carbonyl (C=O) groups is 3. The fraction of sp³-hybridized carbons (Fsp3) is 0.500. The summed E-state index contributed by atoms with van der Waals surface area (Å²) in [6, 6.07) is 0. The van der Waals surface area contributed by atoms with Crippen molar-refractivity contribution in [3.8, 4) is 0 Å². The van der Waals surface area contributed by atoms with Crippen molar-refractivity contribution in [1.29, 1.82) is 0 Å². The second kappa shape index (κ2) is 3.78. The van der Waals surface area contributed by atoms with Crippen molar-refractivity contribution in [3.63, 3.8) is 0 Å². The Labute approximate surface area is 88.4 Å². The van der Waals surface area contributed by atoms with Gasteiger partial charge in [0, 0.05) is 0 Å². The summed E-state index contributed by atoms with van der Waals surface area (Å²) in [5.74, 6) is -1.49. The SMILES string of the molecule is O=C1CN2CC(=O)[O][Bi]([O]1)[O]C(=O)C2. The first-order valence-corrected chi connectivity index (χ1v) is 8.04. The average Bonchev–Trinajstić information content (AvgIpc) is 1.96. The molecule has 0 spiro atoms. The van der Waals surface area contributed by atoms with E-state index in [1.54, 1.807) is 0 Å². The molecule has 3 heterocycles. The normalized spacial score (nSPS) is 24.4. The number of hydrogen-bond acceptors (Lipinski definition) is 7. The Morgan fingerprint density at radius 1 is 0.857 bits per heavy atom. The van der Waals surface area contributed by atoms with Gasteiger partial charge in [-0.3, -0.25) is 0 Å². The molecule has 0 atom stereocenters. The van der Waals surface area contributed by atoms with E-state index in [1.165, 1.54) is 4.90 Å². The fourth-order valence-electron chi connectivity index (χ4n) is 1.11. The fourth-order valence-corrected chi connectivity index (χ4v) is 4.15. The zero-order valence-electron chi connectivity index (χ0n) is 6.97. The van der Waals surface area contributed by atoms with Crippen molar-refractivity contribution in [1.82, 2.24) is 4.90 Å². The molecule has 3 aliphatic heterocycles. The summed E-state index contributed by atoms with van der Waals surface area (Å²) < 4.78 is 14.2. The van der Waals surface area contributed by atoms with Crippen LogP contribution in [0.3, 0.4) is 0 Å². The summed E-state index contributed by atoms with van der Waals surface area (Å²) in [4.78, 5) is 34.5. The number of nitrogens with zero attached hydrogens (tertiary/aromatic N) is 1. The first kappa shape index (κ1) is 9.79. The predicted octanol–water partition coefficient (Wildman–Crippen LogP) is -2.07. The van der Waals surface area contributed by atoms with E-state index in [1.807, 2.05) is 0 Å². The molecule has 76 valence electrons. The van der Waals surface area contributed by atoms with Gasteiger partial charge in [-0.1, -0.05) is 0 Å². The van der Waals surface area contributed by atoms with E-state index >= 15 is 0 Å². The van der Waals surface area contributed by atoms with Gasteiger partial charge >= 0.3 is 88.3 Å². The van der Waals surface area contributed by atoms with Gasteiger partial charge in [0.1, 0.15) is 0 Å². The molecule has 3 rings (SSSR count). The van der Waals surface area contributed by atoms with Gasteiger partial charge in [-0.2, -0.15) is 0 Å². The van der Waals surface area contributed by atoms with Crippen molar-refractivity contribution >= 4 is 41.0 Å². The molecule has 0 amide bonds. The quantitative estimate of drug-likeness (QED) is 0.435. The zero-order valence-corrected chi connectivity index (χ0v) is 10.4. The van der Waals surface area contributed by atoms with E-state index in [-0.39, 0.29) is 19.6 Å². The third-order valence-electron chi connectivity index (χ3n) is 1.59. The first-order valence-electron chi connectivity index (χ1n) is 3.78. The topological polar surface area (TPSA) is 82.1 Å². The summed E-state index contributed by atoms with van der Waals surface area (Å²) in [5.41, 5.74) is 0. The monoisotopic (exact) mass is 397 g/mol. The summed E-state index contributed by atoms with van der Waals surface area (Å²) in [5, 5.41) is 0. The molecule has 0 N–H and O–H groups in total. The Morgan fingerprint density at radius 3 is 1.57 bits per heavy atom. The standard InChI is InChI=1S/C6H9NO6.Bi/c8-4(9)1-7(2-5(10)11)3-6(12)13;/h1-3H2,(H,8,9)(H,10,11)(H,12,13);/q;+3/p-3. The van der Waals surface area contributed by atoms with E-state index in [0.717, 1.165) is 0 Å². The van der Waals surface area contributed by atoms with Crippen LogP contribution >= 0.6 is 0 Å². The second-order valence-corrected chi connectivity index (χ2v) is 6.63. The number of fused-ring (bicyclic) bond motifs is 6. The zero-order chi connectivity index (χ0) is 10.1. The second-order valence-electron chi connectivity index (χ2n) is 2.76. The van der Waals surface area contributed by atoms with E-state index < -0.39 is 41.0 Å². The molecule has 0 aromatic carbocycles. The summed E-state index contributed by atoms with van der Waals surface area (Å²) >= 11 is -3.56. The van der Waals surface area contributed by atoms with Crippen LogP contribution in [0.2, 0.25) is 0 Å². The van der Waals surface area contributed by atoms with Crippen LogP contribution < -0.4 is 0 Å². The van der Waals surface area contributed by atoms with E-state index in [0.29, 0.717) is 0 Å². The van der Waals surface area contributed by atoms with E-state index in [4.69, 9.17) is 8.44 Å². The van der Waals surface area contributed by atoms with Crippen LogP contribution in [0.4, 0.5) is 0 Å². The van der Waals surface area contributed by atoms with Gasteiger partial charge in [0.15, 0.2) is 0 Å². The van der Waals surface area contributed by atoms with Gasteiger partial charge < -0.3 is 0 Å². The molecular weight excluding hydrogens is 391 g/mol. The average molecular weight is 397 g/mol. The summed E-state index contributed by atoms with van der Waals surface area (Å²) in [6.45, 7) is -0.178. The first-order chi connectivity index (χ1) is 6.63. The van der Waals surface area contributed by atoms with Gasteiger partial charge in [-0.05, 0) is 0 Å². The molecule has 0 aromatic rings. The Balaban J connectivity index is 2.22. The number of hydrogen-bond donors (Lipinski definition) is 0. The van der Waals surface area contributed by atoms with Gasteiger partial charge in [-0.25, -0.2) is 0 Å². The number of carbonyl (C=O) groups excluding carboxylic acids is 3. The van der Waals surface area contributed by atoms with Crippen LogP contribution in [0.1, 0.15) is 0 Å². The molecule has 0 aliphatic carbocycles. The van der Waals surface area contributed by atoms with Crippen LogP contribution in [-0.4, -0.2) is 65.5 Å². The predicted molar refractivity (Wildman–Crippen MR) is 40.5 cm³/mol. The molecule has 3 saturated heterocycles. The molecule has 3 aliphatic rings. The summed E-state index contributed by atoms with van der Waals surface area (Å²) in [7, 11) is 0. The van der Waals surface area contributed by atoms with Crippen molar-refractivity contribution in [3.05, 3.63) is 0 Å². The van der Waals surface area contributed by atoms with Gasteiger partial charge in [0.2, 0.25) is 0 Å². The minimum absolute atomic E-state index is 0.0595. The van der Waals surface area contributed by atoms with Gasteiger partial charge in [0.05, 0.1) is 0 Å². The third-order valence-corrected chi connectivity index (χ3v) is 5.70. The molecule has 0 saturated carbocycles. The maximum atomic E-state index is 11.1. The van der Waals surface area contributed by atoms with Crippen LogP contribution in [0.25, 0.3) is 0 Å². The molecule has 8 heteroatoms. The van der Waals surface area contributed by atoms with Crippen LogP contribution in [0.5, 0.6) is 0 Å². The minimum atomic E-state index is -3.56. The molecule has 0 aromatic heterocycles. The van der Waals surface area contributed by atoms with Crippen LogP contribution in [0.15, 0.2) is 0 Å². The van der Waals surface area contributed by atoms with Crippen LogP contribution in [0, 0.1) is 0 Å². The molecular formula is C6H6BiNO6. The molecule has 7 nitrogen and oxygen atoms in total. The van der Waals surface area contributed by atoms with Crippen LogP contribution in [-0.2, 0) is 22.8 Å². The molecule has 2 bridgehead atoms. The van der Waals surface area contributed by atoms with Crippen molar-refractivity contribution < 1.29 is 22.8 Å². The third kappa shape index (κ3) is 2.19. The summed E-state index contributed by atoms with van der Waals surface area (Å²) in [6.07, 6.45) is 0. The Kier molecular flexibility index (Phi) is 2.65. The van der Waals surface area contributed by atoms with Crippen molar-refractivity contribution in [2.75, 3.05) is 19.6 Å². The Bertz CT molecular complexity index is 233. The molecule has 0 radical (unpaired) electrons. The maximum absolute atomic E-state index is 11.1. The van der Waals surface area contributed by atoms with Gasteiger partial charge in [0.25, 0.3) is 0 Å². The van der Waals surface area contributed by atoms with E-state index in [2.05, 4.69) is 0 Å². The number of rotatable bonds is 0. The van der Waals surface area contributed by atoms with Crippen molar-refractivity contribution in [2.45, 2.75) is 0 Å². The van der Waals surface area contributed by atoms with Gasteiger partial charge in [-0.15, -0.1) is 0 Å². The molecule has 0 unspecified atom stereocenters. The Morgan fingerprint density at radius 2 is 1.21 bits per heavy atom. The Hall–Kier alpha value is -0.747. The molecule has 3 fully saturated rings. The van der Waals surface area contributed by atoms with E-state index in [9.17, 15) is 14.4 Å². The molecule has 14 heavy (non-hydrogen) atoms.